The zero-order valence-corrected chi connectivity index (χ0v) is 15.9. The lowest BCUT2D eigenvalue weighted by molar-refractivity contribution is -0.373. The van der Waals surface area contributed by atoms with Crippen molar-refractivity contribution < 1.29 is 19.7 Å². The Kier molecular flexibility index (Phi) is 3.84. The summed E-state index contributed by atoms with van der Waals surface area (Å²) < 4.78 is 12.0. The number of rotatable bonds is 2. The van der Waals surface area contributed by atoms with Crippen molar-refractivity contribution in [2.24, 2.45) is 28.1 Å². The number of allylic oxidation sites excluding steroid dienone is 2. The minimum atomic E-state index is -0.606. The summed E-state index contributed by atoms with van der Waals surface area (Å²) in [6.45, 7) is 10.6. The van der Waals surface area contributed by atoms with Gasteiger partial charge in [-0.05, 0) is 42.6 Å². The molecule has 0 amide bonds. The quantitative estimate of drug-likeness (QED) is 0.753. The molecule has 1 unspecified atom stereocenters. The highest BCUT2D eigenvalue weighted by Crippen LogP contribution is 2.69. The highest BCUT2D eigenvalue weighted by atomic mass is 16.7. The van der Waals surface area contributed by atoms with Crippen LogP contribution in [0.25, 0.3) is 0 Å². The van der Waals surface area contributed by atoms with Crippen molar-refractivity contribution in [1.82, 2.24) is 0 Å². The van der Waals surface area contributed by atoms with Crippen molar-refractivity contribution in [3.63, 3.8) is 0 Å². The molecule has 25 heavy (non-hydrogen) atoms. The molecule has 0 aromatic rings. The fourth-order valence-electron chi connectivity index (χ4n) is 6.67. The molecule has 8 atom stereocenters. The van der Waals surface area contributed by atoms with E-state index in [4.69, 9.17) is 9.47 Å². The van der Waals surface area contributed by atoms with E-state index in [9.17, 15) is 10.2 Å². The molecule has 2 aliphatic heterocycles. The van der Waals surface area contributed by atoms with E-state index >= 15 is 0 Å². The van der Waals surface area contributed by atoms with Crippen LogP contribution in [0.3, 0.4) is 0 Å². The van der Waals surface area contributed by atoms with Gasteiger partial charge >= 0.3 is 0 Å². The van der Waals surface area contributed by atoms with Gasteiger partial charge in [0.05, 0.1) is 17.6 Å². The van der Waals surface area contributed by atoms with Gasteiger partial charge in [0, 0.05) is 18.4 Å². The van der Waals surface area contributed by atoms with Crippen molar-refractivity contribution in [2.45, 2.75) is 71.1 Å². The second-order valence-electron chi connectivity index (χ2n) is 9.58. The summed E-state index contributed by atoms with van der Waals surface area (Å²) in [4.78, 5) is 0. The van der Waals surface area contributed by atoms with Gasteiger partial charge in [0.15, 0.2) is 6.29 Å². The summed E-state index contributed by atoms with van der Waals surface area (Å²) in [5.41, 5.74) is 0.458. The van der Waals surface area contributed by atoms with E-state index in [2.05, 4.69) is 33.4 Å². The third-order valence-electron chi connectivity index (χ3n) is 7.83. The van der Waals surface area contributed by atoms with Crippen molar-refractivity contribution in [1.29, 1.82) is 0 Å². The molecule has 2 saturated heterocycles. The Hall–Kier alpha value is -0.680. The molecule has 0 radical (unpaired) electrons. The van der Waals surface area contributed by atoms with E-state index in [0.717, 1.165) is 31.3 Å². The molecule has 5 aliphatic rings. The molecule has 4 nitrogen and oxygen atoms in total. The van der Waals surface area contributed by atoms with Crippen LogP contribution in [-0.2, 0) is 9.47 Å². The maximum Gasteiger partial charge on any atom is 0.167 e. The summed E-state index contributed by atoms with van der Waals surface area (Å²) >= 11 is 0. The van der Waals surface area contributed by atoms with Gasteiger partial charge in [0.1, 0.15) is 6.10 Å². The Morgan fingerprint density at radius 1 is 1.24 bits per heavy atom. The number of ether oxygens (including phenoxy) is 2. The zero-order chi connectivity index (χ0) is 18.2. The number of hydrogen-bond donors (Lipinski definition) is 2. The van der Waals surface area contributed by atoms with Crippen LogP contribution in [-0.4, -0.2) is 41.9 Å². The van der Waals surface area contributed by atoms with Gasteiger partial charge in [-0.2, -0.15) is 0 Å². The Morgan fingerprint density at radius 2 is 1.96 bits per heavy atom. The summed E-state index contributed by atoms with van der Waals surface area (Å²) in [6.07, 6.45) is 5.94. The third kappa shape index (κ3) is 2.08. The predicted molar refractivity (Wildman–Crippen MR) is 95.7 cm³/mol. The summed E-state index contributed by atoms with van der Waals surface area (Å²) in [5.74, 6) is 0.176. The molecule has 0 aromatic heterocycles. The van der Waals surface area contributed by atoms with Crippen molar-refractivity contribution in [3.05, 3.63) is 24.3 Å². The zero-order valence-electron chi connectivity index (χ0n) is 15.9. The third-order valence-corrected chi connectivity index (χ3v) is 7.83. The summed E-state index contributed by atoms with van der Waals surface area (Å²) in [5, 5.41) is 22.5. The molecule has 5 rings (SSSR count). The highest BCUT2D eigenvalue weighted by molar-refractivity contribution is 5.35. The van der Waals surface area contributed by atoms with E-state index in [1.54, 1.807) is 7.11 Å². The first-order valence-corrected chi connectivity index (χ1v) is 9.62. The first kappa shape index (κ1) is 17.7. The van der Waals surface area contributed by atoms with Crippen LogP contribution in [0.5, 0.6) is 0 Å². The monoisotopic (exact) mass is 348 g/mol. The number of methoxy groups -OCH3 is 1. The minimum Gasteiger partial charge on any atom is -0.392 e. The van der Waals surface area contributed by atoms with E-state index in [0.29, 0.717) is 0 Å². The standard InChI is InChI=1S/C21H32O4/c1-6-20(4)10-7-13-12(11-20)16-15(23)17-19(2,3)9-8-14(22)21(13,17)18(24-5)25-16/h6,11,13-18,22-23H,1,7-10H2,2-5H3/t13-,14+,15-,16+,17-,18?,20-,21+/m0/s1. The second-order valence-corrected chi connectivity index (χ2v) is 9.58. The Morgan fingerprint density at radius 3 is 2.60 bits per heavy atom. The van der Waals surface area contributed by atoms with Gasteiger partial charge in [-0.3, -0.25) is 0 Å². The lowest BCUT2D eigenvalue weighted by atomic mass is 9.41. The summed E-state index contributed by atoms with van der Waals surface area (Å²) in [6, 6.07) is 0. The molecule has 2 bridgehead atoms. The molecular formula is C21H32O4. The van der Waals surface area contributed by atoms with E-state index in [1.165, 1.54) is 0 Å². The lowest BCUT2D eigenvalue weighted by Crippen LogP contribution is -2.76. The largest absolute Gasteiger partial charge is 0.392 e. The molecular weight excluding hydrogens is 316 g/mol. The molecule has 4 heteroatoms. The van der Waals surface area contributed by atoms with Gasteiger partial charge in [0.25, 0.3) is 0 Å². The molecule has 140 valence electrons. The predicted octanol–water partition coefficient (Wildman–Crippen LogP) is 3.04. The van der Waals surface area contributed by atoms with Crippen LogP contribution >= 0.6 is 0 Å². The summed E-state index contributed by atoms with van der Waals surface area (Å²) in [7, 11) is 1.66. The fraction of sp³-hybridized carbons (Fsp3) is 0.810. The highest BCUT2D eigenvalue weighted by Gasteiger charge is 2.73. The van der Waals surface area contributed by atoms with Crippen molar-refractivity contribution in [2.75, 3.05) is 7.11 Å². The fourth-order valence-corrected chi connectivity index (χ4v) is 6.67. The molecule has 2 N–H and O–H groups in total. The van der Waals surface area contributed by atoms with Gasteiger partial charge in [-0.15, -0.1) is 6.58 Å². The molecule has 2 heterocycles. The van der Waals surface area contributed by atoms with E-state index in [1.807, 2.05) is 6.08 Å². The SMILES string of the molecule is C=C[C@]1(C)C=C2[C@H]3OC(OC)[C@@]4([C@H](O)CCC(C)(C)[C@@H]4[C@H]3O)[C@H]2CC1. The first-order valence-electron chi connectivity index (χ1n) is 9.62. The molecule has 4 fully saturated rings. The van der Waals surface area contributed by atoms with Crippen LogP contribution in [0.4, 0.5) is 0 Å². The number of hydrogen-bond acceptors (Lipinski definition) is 4. The second kappa shape index (κ2) is 5.41. The topological polar surface area (TPSA) is 58.9 Å². The van der Waals surface area contributed by atoms with Crippen molar-refractivity contribution in [3.8, 4) is 0 Å². The van der Waals surface area contributed by atoms with Gasteiger partial charge in [-0.1, -0.05) is 32.9 Å². The smallest absolute Gasteiger partial charge is 0.167 e. The average molecular weight is 348 g/mol. The molecule has 0 aromatic carbocycles. The average Bonchev–Trinajstić information content (AvgIpc) is 2.58. The molecule has 1 spiro atoms. The maximum atomic E-state index is 11.3. The van der Waals surface area contributed by atoms with E-state index in [-0.39, 0.29) is 28.8 Å². The van der Waals surface area contributed by atoms with Crippen LogP contribution in [0.15, 0.2) is 24.3 Å². The van der Waals surface area contributed by atoms with Gasteiger partial charge < -0.3 is 19.7 Å². The van der Waals surface area contributed by atoms with Crippen LogP contribution in [0, 0.1) is 28.1 Å². The number of fused-ring (bicyclic) bond motifs is 1. The van der Waals surface area contributed by atoms with Crippen LogP contribution in [0.2, 0.25) is 0 Å². The van der Waals surface area contributed by atoms with Crippen molar-refractivity contribution >= 4 is 0 Å². The van der Waals surface area contributed by atoms with E-state index < -0.39 is 23.9 Å². The first-order chi connectivity index (χ1) is 11.7. The molecule has 3 aliphatic carbocycles. The Balaban J connectivity index is 1.92. The lowest BCUT2D eigenvalue weighted by Gasteiger charge is -2.70. The number of aliphatic hydroxyl groups is 2. The van der Waals surface area contributed by atoms with Gasteiger partial charge in [-0.25, -0.2) is 0 Å². The number of aliphatic hydroxyl groups excluding tert-OH is 2. The minimum absolute atomic E-state index is 0.0253. The Labute approximate surface area is 150 Å². The molecule has 2 saturated carbocycles. The van der Waals surface area contributed by atoms with Gasteiger partial charge in [0.2, 0.25) is 0 Å². The normalized spacial score (nSPS) is 53.6. The Bertz CT molecular complexity index is 611. The van der Waals surface area contributed by atoms with Crippen LogP contribution < -0.4 is 0 Å². The maximum absolute atomic E-state index is 11.3. The van der Waals surface area contributed by atoms with Crippen LogP contribution in [0.1, 0.15) is 46.5 Å².